The van der Waals surface area contributed by atoms with Crippen LogP contribution in [0.1, 0.15) is 48.2 Å². The number of carbonyl (C=O) groups excluding carboxylic acids is 1. The van der Waals surface area contributed by atoms with Crippen LogP contribution in [0, 0.1) is 0 Å². The number of nitrogens with zero attached hydrogens (tertiary/aromatic N) is 1. The fraction of sp³-hybridized carbons (Fsp3) is 0.368. The van der Waals surface area contributed by atoms with E-state index in [1.54, 1.807) is 6.20 Å². The summed E-state index contributed by atoms with van der Waals surface area (Å²) in [5.74, 6) is -0.138. The van der Waals surface area contributed by atoms with Gasteiger partial charge >= 0.3 is 0 Å². The van der Waals surface area contributed by atoms with Crippen LogP contribution in [0.25, 0.3) is 0 Å². The van der Waals surface area contributed by atoms with E-state index in [4.69, 9.17) is 0 Å². The minimum Gasteiger partial charge on any atom is -0.382 e. The van der Waals surface area contributed by atoms with Crippen LogP contribution >= 0.6 is 0 Å². The second kappa shape index (κ2) is 7.77. The van der Waals surface area contributed by atoms with Crippen LogP contribution in [-0.4, -0.2) is 16.9 Å². The largest absolute Gasteiger partial charge is 0.382 e. The van der Waals surface area contributed by atoms with E-state index in [1.807, 2.05) is 42.5 Å². The lowest BCUT2D eigenvalue weighted by atomic mass is 9.95. The van der Waals surface area contributed by atoms with Gasteiger partial charge in [0, 0.05) is 24.5 Å². The molecule has 1 fully saturated rings. The molecule has 1 amide bonds. The zero-order valence-corrected chi connectivity index (χ0v) is 13.3. The standard InChI is InChI=1S/C19H23N3O/c23-19(21-14-15-7-3-1-4-8-15)18-13-17(11-12-20-18)22-16-9-5-2-6-10-16/h1,3-4,7-8,11-13,16H,2,5-6,9-10,14H2,(H,20,22)(H,21,23). The first-order valence-corrected chi connectivity index (χ1v) is 8.36. The van der Waals surface area contributed by atoms with Crippen molar-refractivity contribution in [2.45, 2.75) is 44.7 Å². The van der Waals surface area contributed by atoms with Crippen molar-refractivity contribution in [2.75, 3.05) is 5.32 Å². The Bertz CT molecular complexity index is 636. The number of rotatable bonds is 5. The topological polar surface area (TPSA) is 54.0 Å². The fourth-order valence-corrected chi connectivity index (χ4v) is 3.00. The fourth-order valence-electron chi connectivity index (χ4n) is 3.00. The minimum atomic E-state index is -0.138. The van der Waals surface area contributed by atoms with Crippen LogP contribution < -0.4 is 10.6 Å². The van der Waals surface area contributed by atoms with Crippen molar-refractivity contribution in [3.63, 3.8) is 0 Å². The second-order valence-electron chi connectivity index (χ2n) is 6.08. The molecule has 4 nitrogen and oxygen atoms in total. The molecular formula is C19H23N3O. The number of pyridine rings is 1. The van der Waals surface area contributed by atoms with Crippen molar-refractivity contribution < 1.29 is 4.79 Å². The van der Waals surface area contributed by atoms with E-state index in [0.717, 1.165) is 11.3 Å². The summed E-state index contributed by atoms with van der Waals surface area (Å²) >= 11 is 0. The van der Waals surface area contributed by atoms with Gasteiger partial charge in [-0.25, -0.2) is 0 Å². The first-order chi connectivity index (χ1) is 11.3. The molecule has 4 heteroatoms. The summed E-state index contributed by atoms with van der Waals surface area (Å²) in [4.78, 5) is 16.5. The molecule has 2 aromatic rings. The number of aromatic nitrogens is 1. The molecule has 1 aliphatic rings. The number of anilines is 1. The van der Waals surface area contributed by atoms with E-state index >= 15 is 0 Å². The molecular weight excluding hydrogens is 286 g/mol. The average molecular weight is 309 g/mol. The molecule has 0 aliphatic heterocycles. The smallest absolute Gasteiger partial charge is 0.270 e. The first-order valence-electron chi connectivity index (χ1n) is 8.36. The van der Waals surface area contributed by atoms with Crippen molar-refractivity contribution in [3.8, 4) is 0 Å². The highest BCUT2D eigenvalue weighted by atomic mass is 16.1. The van der Waals surface area contributed by atoms with E-state index < -0.39 is 0 Å². The van der Waals surface area contributed by atoms with Crippen molar-refractivity contribution in [1.82, 2.24) is 10.3 Å². The Balaban J connectivity index is 1.58. The Morgan fingerprint density at radius 3 is 2.65 bits per heavy atom. The monoisotopic (exact) mass is 309 g/mol. The molecule has 0 spiro atoms. The lowest BCUT2D eigenvalue weighted by Gasteiger charge is -2.23. The number of hydrogen-bond acceptors (Lipinski definition) is 3. The molecule has 1 saturated carbocycles. The number of amides is 1. The predicted octanol–water partition coefficient (Wildman–Crippen LogP) is 3.76. The van der Waals surface area contributed by atoms with E-state index in [0.29, 0.717) is 18.3 Å². The zero-order chi connectivity index (χ0) is 15.9. The van der Waals surface area contributed by atoms with Gasteiger partial charge < -0.3 is 10.6 Å². The lowest BCUT2D eigenvalue weighted by Crippen LogP contribution is -2.25. The maximum Gasteiger partial charge on any atom is 0.270 e. The summed E-state index contributed by atoms with van der Waals surface area (Å²) in [5.41, 5.74) is 2.52. The third-order valence-electron chi connectivity index (χ3n) is 4.26. The van der Waals surface area contributed by atoms with E-state index in [-0.39, 0.29) is 5.91 Å². The van der Waals surface area contributed by atoms with E-state index in [2.05, 4.69) is 15.6 Å². The molecule has 0 radical (unpaired) electrons. The molecule has 0 atom stereocenters. The summed E-state index contributed by atoms with van der Waals surface area (Å²) in [6, 6.07) is 14.2. The van der Waals surface area contributed by atoms with Gasteiger partial charge in [-0.05, 0) is 30.5 Å². The second-order valence-corrected chi connectivity index (χ2v) is 6.08. The summed E-state index contributed by atoms with van der Waals surface area (Å²) in [6.07, 6.45) is 8.01. The van der Waals surface area contributed by atoms with Crippen molar-refractivity contribution in [1.29, 1.82) is 0 Å². The predicted molar refractivity (Wildman–Crippen MR) is 92.3 cm³/mol. The minimum absolute atomic E-state index is 0.138. The lowest BCUT2D eigenvalue weighted by molar-refractivity contribution is 0.0946. The van der Waals surface area contributed by atoms with E-state index in [1.165, 1.54) is 32.1 Å². The quantitative estimate of drug-likeness (QED) is 0.884. The normalized spacial score (nSPS) is 15.1. The molecule has 1 aliphatic carbocycles. The summed E-state index contributed by atoms with van der Waals surface area (Å²) < 4.78 is 0. The highest BCUT2D eigenvalue weighted by Gasteiger charge is 2.14. The molecule has 2 N–H and O–H groups in total. The Morgan fingerprint density at radius 1 is 1.09 bits per heavy atom. The van der Waals surface area contributed by atoms with Gasteiger partial charge in [-0.1, -0.05) is 49.6 Å². The number of carbonyl (C=O) groups is 1. The van der Waals surface area contributed by atoms with Crippen LogP contribution in [0.5, 0.6) is 0 Å². The third kappa shape index (κ3) is 4.55. The van der Waals surface area contributed by atoms with Gasteiger partial charge in [-0.3, -0.25) is 9.78 Å². The van der Waals surface area contributed by atoms with Crippen molar-refractivity contribution >= 4 is 11.6 Å². The van der Waals surface area contributed by atoms with Crippen LogP contribution in [0.2, 0.25) is 0 Å². The SMILES string of the molecule is O=C(NCc1ccccc1)c1cc(NC2CCCCC2)ccn1. The maximum absolute atomic E-state index is 12.3. The number of nitrogens with one attached hydrogen (secondary N) is 2. The molecule has 0 saturated heterocycles. The highest BCUT2D eigenvalue weighted by molar-refractivity contribution is 5.93. The first kappa shape index (κ1) is 15.5. The van der Waals surface area contributed by atoms with Gasteiger partial charge in [0.25, 0.3) is 5.91 Å². The highest BCUT2D eigenvalue weighted by Crippen LogP contribution is 2.21. The molecule has 120 valence electrons. The van der Waals surface area contributed by atoms with Crippen molar-refractivity contribution in [3.05, 3.63) is 59.9 Å². The zero-order valence-electron chi connectivity index (χ0n) is 13.3. The number of hydrogen-bond donors (Lipinski definition) is 2. The maximum atomic E-state index is 12.3. The van der Waals surface area contributed by atoms with Gasteiger partial charge in [0.1, 0.15) is 5.69 Å². The summed E-state index contributed by atoms with van der Waals surface area (Å²) in [5, 5.41) is 6.45. The van der Waals surface area contributed by atoms with Crippen LogP contribution in [0.4, 0.5) is 5.69 Å². The molecule has 1 heterocycles. The Labute approximate surface area is 137 Å². The average Bonchev–Trinajstić information content (AvgIpc) is 2.62. The molecule has 1 aromatic carbocycles. The Kier molecular flexibility index (Phi) is 5.25. The van der Waals surface area contributed by atoms with Gasteiger partial charge in [-0.2, -0.15) is 0 Å². The van der Waals surface area contributed by atoms with Gasteiger partial charge in [0.15, 0.2) is 0 Å². The van der Waals surface area contributed by atoms with Crippen molar-refractivity contribution in [2.24, 2.45) is 0 Å². The molecule has 0 bridgehead atoms. The summed E-state index contributed by atoms with van der Waals surface area (Å²) in [7, 11) is 0. The van der Waals surface area contributed by atoms with Crippen LogP contribution in [0.3, 0.4) is 0 Å². The molecule has 0 unspecified atom stereocenters. The third-order valence-corrected chi connectivity index (χ3v) is 4.26. The van der Waals surface area contributed by atoms with Gasteiger partial charge in [-0.15, -0.1) is 0 Å². The molecule has 3 rings (SSSR count). The van der Waals surface area contributed by atoms with Gasteiger partial charge in [0.05, 0.1) is 0 Å². The van der Waals surface area contributed by atoms with E-state index in [9.17, 15) is 4.79 Å². The molecule has 1 aromatic heterocycles. The molecule has 23 heavy (non-hydrogen) atoms. The summed E-state index contributed by atoms with van der Waals surface area (Å²) in [6.45, 7) is 0.516. The van der Waals surface area contributed by atoms with Crippen LogP contribution in [0.15, 0.2) is 48.7 Å². The number of benzene rings is 1. The Morgan fingerprint density at radius 2 is 1.87 bits per heavy atom. The van der Waals surface area contributed by atoms with Gasteiger partial charge in [0.2, 0.25) is 0 Å². The Hall–Kier alpha value is -2.36. The van der Waals surface area contributed by atoms with Crippen LogP contribution in [-0.2, 0) is 6.54 Å².